The lowest BCUT2D eigenvalue weighted by Gasteiger charge is -2.18. The second kappa shape index (κ2) is 8.92. The lowest BCUT2D eigenvalue weighted by molar-refractivity contribution is -0.122. The van der Waals surface area contributed by atoms with Gasteiger partial charge in [-0.3, -0.25) is 4.79 Å². The van der Waals surface area contributed by atoms with Crippen LogP contribution in [0.25, 0.3) is 0 Å². The van der Waals surface area contributed by atoms with Gasteiger partial charge in [0.2, 0.25) is 0 Å². The number of rotatable bonds is 7. The number of anilines is 1. The molecule has 1 heterocycles. The molecule has 1 saturated heterocycles. The highest BCUT2D eigenvalue weighted by molar-refractivity contribution is 6.30. The fourth-order valence-electron chi connectivity index (χ4n) is 2.66. The summed E-state index contributed by atoms with van der Waals surface area (Å²) in [6, 6.07) is 14.2. The highest BCUT2D eigenvalue weighted by atomic mass is 35.5. The number of hydrogen-bond donors (Lipinski definition) is 1. The summed E-state index contributed by atoms with van der Waals surface area (Å²) in [5, 5.41) is 3.48. The summed E-state index contributed by atoms with van der Waals surface area (Å²) in [6.07, 6.45) is 1.51. The molecule has 5 nitrogen and oxygen atoms in total. The molecule has 3 rings (SSSR count). The van der Waals surface area contributed by atoms with Gasteiger partial charge in [-0.05, 0) is 56.2 Å². The molecule has 0 spiro atoms. The second-order valence-corrected chi connectivity index (χ2v) is 6.58. The molecule has 0 bridgehead atoms. The van der Waals surface area contributed by atoms with E-state index in [0.717, 1.165) is 19.4 Å². The van der Waals surface area contributed by atoms with Crippen molar-refractivity contribution in [2.24, 2.45) is 0 Å². The normalized spacial score (nSPS) is 17.5. The third-order valence-electron chi connectivity index (χ3n) is 4.09. The topological polar surface area (TPSA) is 56.8 Å². The van der Waals surface area contributed by atoms with Crippen molar-refractivity contribution in [2.75, 3.05) is 18.5 Å². The van der Waals surface area contributed by atoms with E-state index >= 15 is 0 Å². The van der Waals surface area contributed by atoms with E-state index in [1.807, 2.05) is 18.2 Å². The Labute approximate surface area is 158 Å². The van der Waals surface area contributed by atoms with Crippen molar-refractivity contribution in [1.82, 2.24) is 0 Å². The number of amides is 1. The predicted octanol–water partition coefficient (Wildman–Crippen LogP) is 4.30. The quantitative estimate of drug-likeness (QED) is 0.783. The first-order valence-electron chi connectivity index (χ1n) is 8.68. The van der Waals surface area contributed by atoms with Crippen molar-refractivity contribution in [2.45, 2.75) is 32.0 Å². The second-order valence-electron chi connectivity index (χ2n) is 6.15. The van der Waals surface area contributed by atoms with Crippen LogP contribution in [0.4, 0.5) is 5.69 Å². The van der Waals surface area contributed by atoms with Crippen molar-refractivity contribution in [1.29, 1.82) is 0 Å². The molecule has 0 saturated carbocycles. The SMILES string of the molecule is C[C@@H](Oc1ccc(Cl)cc1)C(=O)Nc1ccccc1OC[C@@H]1CCCO1. The minimum Gasteiger partial charge on any atom is -0.489 e. The summed E-state index contributed by atoms with van der Waals surface area (Å²) in [4.78, 5) is 12.5. The maximum atomic E-state index is 12.5. The Morgan fingerprint density at radius 3 is 2.77 bits per heavy atom. The van der Waals surface area contributed by atoms with Gasteiger partial charge in [0.05, 0.1) is 11.8 Å². The molecule has 2 aromatic rings. The minimum atomic E-state index is -0.664. The van der Waals surface area contributed by atoms with Crippen LogP contribution in [0.5, 0.6) is 11.5 Å². The molecular formula is C20H22ClNO4. The van der Waals surface area contributed by atoms with Crippen LogP contribution in [0.3, 0.4) is 0 Å². The molecular weight excluding hydrogens is 354 g/mol. The average molecular weight is 376 g/mol. The summed E-state index contributed by atoms with van der Waals surface area (Å²) < 4.78 is 17.1. The lowest BCUT2D eigenvalue weighted by atomic mass is 10.2. The van der Waals surface area contributed by atoms with E-state index in [1.165, 1.54) is 0 Å². The van der Waals surface area contributed by atoms with Gasteiger partial charge in [-0.2, -0.15) is 0 Å². The van der Waals surface area contributed by atoms with Crippen LogP contribution >= 0.6 is 11.6 Å². The number of nitrogens with one attached hydrogen (secondary N) is 1. The molecule has 1 fully saturated rings. The zero-order valence-electron chi connectivity index (χ0n) is 14.6. The average Bonchev–Trinajstić information content (AvgIpc) is 3.16. The smallest absolute Gasteiger partial charge is 0.265 e. The van der Waals surface area contributed by atoms with Crippen molar-refractivity contribution in [3.8, 4) is 11.5 Å². The molecule has 26 heavy (non-hydrogen) atoms. The summed E-state index contributed by atoms with van der Waals surface area (Å²) in [5.41, 5.74) is 0.613. The van der Waals surface area contributed by atoms with E-state index in [9.17, 15) is 4.79 Å². The van der Waals surface area contributed by atoms with E-state index in [2.05, 4.69) is 5.32 Å². The van der Waals surface area contributed by atoms with Gasteiger partial charge < -0.3 is 19.5 Å². The Morgan fingerprint density at radius 1 is 1.27 bits per heavy atom. The number of carbonyl (C=O) groups is 1. The number of ether oxygens (including phenoxy) is 3. The largest absolute Gasteiger partial charge is 0.489 e. The van der Waals surface area contributed by atoms with Gasteiger partial charge in [-0.25, -0.2) is 0 Å². The first kappa shape index (κ1) is 18.5. The van der Waals surface area contributed by atoms with E-state index in [4.69, 9.17) is 25.8 Å². The molecule has 0 radical (unpaired) electrons. The van der Waals surface area contributed by atoms with Gasteiger partial charge in [0.15, 0.2) is 6.10 Å². The number of hydrogen-bond acceptors (Lipinski definition) is 4. The molecule has 1 aliphatic rings. The van der Waals surface area contributed by atoms with Crippen LogP contribution in [0, 0.1) is 0 Å². The van der Waals surface area contributed by atoms with Gasteiger partial charge in [0.25, 0.3) is 5.91 Å². The van der Waals surface area contributed by atoms with Crippen molar-refractivity contribution in [3.05, 3.63) is 53.6 Å². The van der Waals surface area contributed by atoms with Crippen LogP contribution < -0.4 is 14.8 Å². The summed E-state index contributed by atoms with van der Waals surface area (Å²) in [6.45, 7) is 2.95. The van der Waals surface area contributed by atoms with E-state index < -0.39 is 6.10 Å². The maximum absolute atomic E-state index is 12.5. The Kier molecular flexibility index (Phi) is 6.36. The third kappa shape index (κ3) is 5.13. The minimum absolute atomic E-state index is 0.117. The Morgan fingerprint density at radius 2 is 2.04 bits per heavy atom. The highest BCUT2D eigenvalue weighted by Gasteiger charge is 2.19. The first-order chi connectivity index (χ1) is 12.6. The Bertz CT molecular complexity index is 729. The van der Waals surface area contributed by atoms with E-state index in [0.29, 0.717) is 28.8 Å². The van der Waals surface area contributed by atoms with Gasteiger partial charge in [-0.1, -0.05) is 23.7 Å². The molecule has 0 unspecified atom stereocenters. The molecule has 1 amide bonds. The molecule has 6 heteroatoms. The van der Waals surface area contributed by atoms with Crippen LogP contribution in [0.1, 0.15) is 19.8 Å². The van der Waals surface area contributed by atoms with Gasteiger partial charge in [0.1, 0.15) is 18.1 Å². The lowest BCUT2D eigenvalue weighted by Crippen LogP contribution is -2.30. The fourth-order valence-corrected chi connectivity index (χ4v) is 2.79. The van der Waals surface area contributed by atoms with Crippen LogP contribution in [-0.2, 0) is 9.53 Å². The number of carbonyl (C=O) groups excluding carboxylic acids is 1. The van der Waals surface area contributed by atoms with Crippen LogP contribution in [0.15, 0.2) is 48.5 Å². The predicted molar refractivity (Wildman–Crippen MR) is 101 cm³/mol. The molecule has 2 atom stereocenters. The monoisotopic (exact) mass is 375 g/mol. The summed E-state index contributed by atoms with van der Waals surface area (Å²) >= 11 is 5.85. The highest BCUT2D eigenvalue weighted by Crippen LogP contribution is 2.25. The molecule has 0 aromatic heterocycles. The van der Waals surface area contributed by atoms with Gasteiger partial charge >= 0.3 is 0 Å². The molecule has 2 aromatic carbocycles. The number of halogens is 1. The molecule has 138 valence electrons. The standard InChI is InChI=1S/C20H22ClNO4/c1-14(26-16-10-8-15(21)9-11-16)20(23)22-18-6-2-3-7-19(18)25-13-17-5-4-12-24-17/h2-3,6-11,14,17H,4-5,12-13H2,1H3,(H,22,23)/t14-,17+/m1/s1. The number of benzene rings is 2. The fraction of sp³-hybridized carbons (Fsp3) is 0.350. The Hall–Kier alpha value is -2.24. The van der Waals surface area contributed by atoms with Crippen molar-refractivity contribution < 1.29 is 19.0 Å². The van der Waals surface area contributed by atoms with Gasteiger partial charge in [0, 0.05) is 11.6 Å². The van der Waals surface area contributed by atoms with E-state index in [1.54, 1.807) is 37.3 Å². The van der Waals surface area contributed by atoms with Crippen LogP contribution in [0.2, 0.25) is 5.02 Å². The zero-order valence-corrected chi connectivity index (χ0v) is 15.4. The van der Waals surface area contributed by atoms with Crippen LogP contribution in [-0.4, -0.2) is 31.3 Å². The zero-order chi connectivity index (χ0) is 18.4. The summed E-state index contributed by atoms with van der Waals surface area (Å²) in [5.74, 6) is 0.947. The van der Waals surface area contributed by atoms with E-state index in [-0.39, 0.29) is 12.0 Å². The molecule has 1 N–H and O–H groups in total. The van der Waals surface area contributed by atoms with Crippen molar-refractivity contribution in [3.63, 3.8) is 0 Å². The third-order valence-corrected chi connectivity index (χ3v) is 4.34. The Balaban J connectivity index is 1.58. The molecule has 0 aliphatic carbocycles. The molecule has 1 aliphatic heterocycles. The van der Waals surface area contributed by atoms with Gasteiger partial charge in [-0.15, -0.1) is 0 Å². The maximum Gasteiger partial charge on any atom is 0.265 e. The summed E-state index contributed by atoms with van der Waals surface area (Å²) in [7, 11) is 0. The number of para-hydroxylation sites is 2. The van der Waals surface area contributed by atoms with Crippen molar-refractivity contribution >= 4 is 23.2 Å². The first-order valence-corrected chi connectivity index (χ1v) is 9.06.